The van der Waals surface area contributed by atoms with E-state index in [1.807, 2.05) is 30.3 Å². The predicted molar refractivity (Wildman–Crippen MR) is 70.6 cm³/mol. The number of hydrogen-bond donors (Lipinski definition) is 0. The third-order valence-electron chi connectivity index (χ3n) is 2.73. The SMILES string of the molecule is COc1cnn(C)c1C(=O)CCOc1ccccc1. The standard InChI is InChI=1S/C14H16N2O3/c1-16-14(13(18-2)10-15-16)12(17)8-9-19-11-6-4-3-5-7-11/h3-7,10H,8-9H2,1-2H3. The normalized spacial score (nSPS) is 10.2. The smallest absolute Gasteiger partial charge is 0.188 e. The molecule has 0 spiro atoms. The molecular formula is C14H16N2O3. The third kappa shape index (κ3) is 3.13. The van der Waals surface area contributed by atoms with Crippen molar-refractivity contribution in [3.63, 3.8) is 0 Å². The van der Waals surface area contributed by atoms with Crippen LogP contribution < -0.4 is 9.47 Å². The minimum Gasteiger partial charge on any atom is -0.493 e. The van der Waals surface area contributed by atoms with E-state index in [1.54, 1.807) is 7.05 Å². The van der Waals surface area contributed by atoms with Crippen molar-refractivity contribution in [2.24, 2.45) is 7.05 Å². The Balaban J connectivity index is 1.93. The first-order chi connectivity index (χ1) is 9.22. The summed E-state index contributed by atoms with van der Waals surface area (Å²) in [6, 6.07) is 9.41. The van der Waals surface area contributed by atoms with E-state index in [-0.39, 0.29) is 12.2 Å². The first-order valence-electron chi connectivity index (χ1n) is 5.99. The number of para-hydroxylation sites is 1. The molecule has 0 aliphatic rings. The van der Waals surface area contributed by atoms with Crippen LogP contribution in [-0.2, 0) is 7.05 Å². The van der Waals surface area contributed by atoms with E-state index in [4.69, 9.17) is 9.47 Å². The van der Waals surface area contributed by atoms with Crippen molar-refractivity contribution in [2.45, 2.75) is 6.42 Å². The van der Waals surface area contributed by atoms with Crippen molar-refractivity contribution in [3.8, 4) is 11.5 Å². The van der Waals surface area contributed by atoms with Crippen molar-refractivity contribution in [3.05, 3.63) is 42.2 Å². The first kappa shape index (κ1) is 13.1. The molecule has 0 N–H and O–H groups in total. The molecule has 0 saturated carbocycles. The minimum absolute atomic E-state index is 0.0484. The predicted octanol–water partition coefficient (Wildman–Crippen LogP) is 2.08. The van der Waals surface area contributed by atoms with Gasteiger partial charge in [-0.2, -0.15) is 5.10 Å². The molecule has 5 nitrogen and oxygen atoms in total. The molecule has 0 atom stereocenters. The lowest BCUT2D eigenvalue weighted by atomic mass is 10.2. The zero-order valence-corrected chi connectivity index (χ0v) is 11.0. The van der Waals surface area contributed by atoms with Crippen LogP contribution in [-0.4, -0.2) is 29.3 Å². The van der Waals surface area contributed by atoms with Gasteiger partial charge in [-0.1, -0.05) is 18.2 Å². The number of methoxy groups -OCH3 is 1. The quantitative estimate of drug-likeness (QED) is 0.746. The van der Waals surface area contributed by atoms with Crippen LogP contribution in [0.5, 0.6) is 11.5 Å². The van der Waals surface area contributed by atoms with Gasteiger partial charge < -0.3 is 9.47 Å². The van der Waals surface area contributed by atoms with Gasteiger partial charge in [0.15, 0.2) is 11.5 Å². The van der Waals surface area contributed by atoms with Crippen LogP contribution >= 0.6 is 0 Å². The van der Waals surface area contributed by atoms with E-state index in [0.29, 0.717) is 18.1 Å². The molecule has 2 rings (SSSR count). The van der Waals surface area contributed by atoms with Crippen LogP contribution in [0, 0.1) is 0 Å². The van der Waals surface area contributed by atoms with Crippen molar-refractivity contribution >= 4 is 5.78 Å². The fourth-order valence-electron chi connectivity index (χ4n) is 1.78. The van der Waals surface area contributed by atoms with Crippen LogP contribution in [0.1, 0.15) is 16.9 Å². The lowest BCUT2D eigenvalue weighted by molar-refractivity contribution is 0.0950. The molecule has 1 heterocycles. The molecule has 0 unspecified atom stereocenters. The number of aryl methyl sites for hydroxylation is 1. The van der Waals surface area contributed by atoms with Gasteiger partial charge in [0.1, 0.15) is 11.4 Å². The van der Waals surface area contributed by atoms with E-state index < -0.39 is 0 Å². The molecule has 0 bridgehead atoms. The van der Waals surface area contributed by atoms with Crippen LogP contribution in [0.4, 0.5) is 0 Å². The maximum absolute atomic E-state index is 12.1. The molecule has 0 aliphatic carbocycles. The average molecular weight is 260 g/mol. The monoisotopic (exact) mass is 260 g/mol. The Kier molecular flexibility index (Phi) is 4.18. The van der Waals surface area contributed by atoms with Gasteiger partial charge in [-0.25, -0.2) is 0 Å². The van der Waals surface area contributed by atoms with E-state index in [9.17, 15) is 4.79 Å². The zero-order valence-electron chi connectivity index (χ0n) is 11.0. The molecule has 2 aromatic rings. The second-order valence-corrected chi connectivity index (χ2v) is 4.02. The van der Waals surface area contributed by atoms with Gasteiger partial charge in [0.25, 0.3) is 0 Å². The fourth-order valence-corrected chi connectivity index (χ4v) is 1.78. The zero-order chi connectivity index (χ0) is 13.7. The molecule has 0 radical (unpaired) electrons. The Morgan fingerprint density at radius 3 is 2.74 bits per heavy atom. The van der Waals surface area contributed by atoms with E-state index in [0.717, 1.165) is 5.75 Å². The number of benzene rings is 1. The Bertz CT molecular complexity index is 549. The number of ketones is 1. The summed E-state index contributed by atoms with van der Waals surface area (Å²) >= 11 is 0. The summed E-state index contributed by atoms with van der Waals surface area (Å²) in [7, 11) is 3.24. The number of rotatable bonds is 6. The maximum Gasteiger partial charge on any atom is 0.188 e. The number of nitrogens with zero attached hydrogens (tertiary/aromatic N) is 2. The number of aromatic nitrogens is 2. The number of carbonyl (C=O) groups is 1. The lowest BCUT2D eigenvalue weighted by Gasteiger charge is -2.06. The molecule has 0 aliphatic heterocycles. The third-order valence-corrected chi connectivity index (χ3v) is 2.73. The second-order valence-electron chi connectivity index (χ2n) is 4.02. The molecule has 0 fully saturated rings. The van der Waals surface area contributed by atoms with Gasteiger partial charge in [-0.3, -0.25) is 9.48 Å². The highest BCUT2D eigenvalue weighted by molar-refractivity contribution is 5.97. The summed E-state index contributed by atoms with van der Waals surface area (Å²) in [5, 5.41) is 4.00. The van der Waals surface area contributed by atoms with Crippen LogP contribution in [0.3, 0.4) is 0 Å². The number of Topliss-reactive ketones (excluding diaryl/α,β-unsaturated/α-hetero) is 1. The summed E-state index contributed by atoms with van der Waals surface area (Å²) in [5.74, 6) is 1.20. The molecule has 1 aromatic carbocycles. The Morgan fingerprint density at radius 2 is 2.05 bits per heavy atom. The van der Waals surface area contributed by atoms with Crippen molar-refractivity contribution in [2.75, 3.05) is 13.7 Å². The van der Waals surface area contributed by atoms with E-state index in [2.05, 4.69) is 5.10 Å². The van der Waals surface area contributed by atoms with Crippen LogP contribution in [0.2, 0.25) is 0 Å². The largest absolute Gasteiger partial charge is 0.493 e. The van der Waals surface area contributed by atoms with Gasteiger partial charge in [0.05, 0.1) is 19.9 Å². The Hall–Kier alpha value is -2.30. The average Bonchev–Trinajstić information content (AvgIpc) is 2.81. The van der Waals surface area contributed by atoms with Gasteiger partial charge in [-0.05, 0) is 12.1 Å². The van der Waals surface area contributed by atoms with Crippen molar-refractivity contribution < 1.29 is 14.3 Å². The highest BCUT2D eigenvalue weighted by Gasteiger charge is 2.17. The highest BCUT2D eigenvalue weighted by atomic mass is 16.5. The molecule has 5 heteroatoms. The van der Waals surface area contributed by atoms with Gasteiger partial charge >= 0.3 is 0 Å². The highest BCUT2D eigenvalue weighted by Crippen LogP contribution is 2.18. The fraction of sp³-hybridized carbons (Fsp3) is 0.286. The van der Waals surface area contributed by atoms with Gasteiger partial charge in [0.2, 0.25) is 0 Å². The van der Waals surface area contributed by atoms with Gasteiger partial charge in [-0.15, -0.1) is 0 Å². The minimum atomic E-state index is -0.0484. The van der Waals surface area contributed by atoms with E-state index >= 15 is 0 Å². The van der Waals surface area contributed by atoms with Crippen molar-refractivity contribution in [1.82, 2.24) is 9.78 Å². The molecule has 100 valence electrons. The number of carbonyl (C=O) groups excluding carboxylic acids is 1. The van der Waals surface area contributed by atoms with Crippen LogP contribution in [0.25, 0.3) is 0 Å². The Labute approximate surface area is 111 Å². The summed E-state index contributed by atoms with van der Waals surface area (Å²) in [6.45, 7) is 0.331. The maximum atomic E-state index is 12.1. The lowest BCUT2D eigenvalue weighted by Crippen LogP contribution is -2.12. The summed E-state index contributed by atoms with van der Waals surface area (Å²) < 4.78 is 12.1. The summed E-state index contributed by atoms with van der Waals surface area (Å²) in [5.41, 5.74) is 0.471. The molecule has 19 heavy (non-hydrogen) atoms. The molecule has 1 aromatic heterocycles. The molecular weight excluding hydrogens is 244 g/mol. The summed E-state index contributed by atoms with van der Waals surface area (Å²) in [6.07, 6.45) is 1.82. The Morgan fingerprint density at radius 1 is 1.32 bits per heavy atom. The van der Waals surface area contributed by atoms with E-state index in [1.165, 1.54) is 18.0 Å². The first-order valence-corrected chi connectivity index (χ1v) is 5.99. The molecule has 0 amide bonds. The number of hydrogen-bond acceptors (Lipinski definition) is 4. The van der Waals surface area contributed by atoms with Gasteiger partial charge in [0, 0.05) is 13.5 Å². The molecule has 0 saturated heterocycles. The summed E-state index contributed by atoms with van der Waals surface area (Å²) in [4.78, 5) is 12.1. The van der Waals surface area contributed by atoms with Crippen LogP contribution in [0.15, 0.2) is 36.5 Å². The second kappa shape index (κ2) is 6.04. The number of ether oxygens (including phenoxy) is 2. The topological polar surface area (TPSA) is 53.4 Å². The van der Waals surface area contributed by atoms with Crippen molar-refractivity contribution in [1.29, 1.82) is 0 Å².